The Morgan fingerprint density at radius 1 is 1.27 bits per heavy atom. The molecule has 1 aromatic rings. The first-order chi connectivity index (χ1) is 10.2. The Hall–Kier alpha value is -1.92. The molecule has 122 valence electrons. The first-order valence-corrected chi connectivity index (χ1v) is 7.09. The molecule has 0 heterocycles. The Labute approximate surface area is 130 Å². The van der Waals surface area contributed by atoms with Crippen molar-refractivity contribution < 1.29 is 24.5 Å². The number of hydrogen-bond acceptors (Lipinski definition) is 5. The lowest BCUT2D eigenvalue weighted by atomic mass is 9.98. The number of esters is 1. The largest absolute Gasteiger partial charge is 0.480 e. The van der Waals surface area contributed by atoms with Gasteiger partial charge in [0.25, 0.3) is 0 Å². The second kappa shape index (κ2) is 7.91. The Bertz CT molecular complexity index is 499. The highest BCUT2D eigenvalue weighted by Gasteiger charge is 2.32. The van der Waals surface area contributed by atoms with Crippen molar-refractivity contribution in [2.75, 3.05) is 0 Å². The highest BCUT2D eigenvalue weighted by atomic mass is 16.5. The van der Waals surface area contributed by atoms with E-state index >= 15 is 0 Å². The van der Waals surface area contributed by atoms with Crippen LogP contribution in [0.4, 0.5) is 0 Å². The average molecular weight is 309 g/mol. The standard InChI is InChI=1S/C16H23NO5/c1-11(18)14(15(20)21)17-16(2,3)9-13(19)22-10-12-7-5-4-6-8-12/h4-8,11,14,17-18H,9-10H2,1-3H3,(H,20,21)/t11?,14-/m0/s1. The van der Waals surface area contributed by atoms with E-state index in [-0.39, 0.29) is 13.0 Å². The van der Waals surface area contributed by atoms with E-state index in [2.05, 4.69) is 5.32 Å². The van der Waals surface area contributed by atoms with Gasteiger partial charge in [-0.15, -0.1) is 0 Å². The number of benzene rings is 1. The third kappa shape index (κ3) is 6.24. The van der Waals surface area contributed by atoms with Crippen LogP contribution in [0.1, 0.15) is 32.8 Å². The average Bonchev–Trinajstić information content (AvgIpc) is 2.43. The summed E-state index contributed by atoms with van der Waals surface area (Å²) in [5, 5.41) is 21.3. The molecule has 0 fully saturated rings. The molecule has 2 atom stereocenters. The first-order valence-electron chi connectivity index (χ1n) is 7.09. The maximum atomic E-state index is 11.9. The molecule has 1 rings (SSSR count). The van der Waals surface area contributed by atoms with Crippen LogP contribution in [0.25, 0.3) is 0 Å². The SMILES string of the molecule is CC(O)[C@H](NC(C)(C)CC(=O)OCc1ccccc1)C(=O)O. The van der Waals surface area contributed by atoms with Gasteiger partial charge in [0.2, 0.25) is 0 Å². The van der Waals surface area contributed by atoms with Gasteiger partial charge in [-0.2, -0.15) is 0 Å². The summed E-state index contributed by atoms with van der Waals surface area (Å²) < 4.78 is 5.18. The topological polar surface area (TPSA) is 95.9 Å². The van der Waals surface area contributed by atoms with E-state index in [0.717, 1.165) is 5.56 Å². The van der Waals surface area contributed by atoms with Crippen LogP contribution in [0.2, 0.25) is 0 Å². The third-order valence-corrected chi connectivity index (χ3v) is 3.12. The molecule has 6 heteroatoms. The number of aliphatic hydroxyl groups excluding tert-OH is 1. The van der Waals surface area contributed by atoms with Gasteiger partial charge in [0.1, 0.15) is 12.6 Å². The van der Waals surface area contributed by atoms with Crippen LogP contribution in [0.3, 0.4) is 0 Å². The van der Waals surface area contributed by atoms with E-state index in [1.807, 2.05) is 30.3 Å². The van der Waals surface area contributed by atoms with Crippen molar-refractivity contribution in [2.24, 2.45) is 0 Å². The molecular weight excluding hydrogens is 286 g/mol. The molecule has 1 unspecified atom stereocenters. The van der Waals surface area contributed by atoms with Crippen LogP contribution < -0.4 is 5.32 Å². The smallest absolute Gasteiger partial charge is 0.323 e. The zero-order valence-corrected chi connectivity index (χ0v) is 13.1. The molecule has 0 bridgehead atoms. The number of nitrogens with one attached hydrogen (secondary N) is 1. The normalized spacial score (nSPS) is 14.2. The molecule has 6 nitrogen and oxygen atoms in total. The zero-order chi connectivity index (χ0) is 16.8. The summed E-state index contributed by atoms with van der Waals surface area (Å²) in [6, 6.07) is 8.15. The number of carbonyl (C=O) groups excluding carboxylic acids is 1. The summed E-state index contributed by atoms with van der Waals surface area (Å²) in [5.41, 5.74) is 0.0717. The Morgan fingerprint density at radius 2 is 1.86 bits per heavy atom. The summed E-state index contributed by atoms with van der Waals surface area (Å²) in [5.74, 6) is -1.60. The maximum absolute atomic E-state index is 11.9. The van der Waals surface area contributed by atoms with E-state index in [4.69, 9.17) is 9.84 Å². The van der Waals surface area contributed by atoms with Crippen LogP contribution in [0, 0.1) is 0 Å². The summed E-state index contributed by atoms with van der Waals surface area (Å²) in [6.07, 6.45) is -1.08. The summed E-state index contributed by atoms with van der Waals surface area (Å²) in [4.78, 5) is 23.0. The quantitative estimate of drug-likeness (QED) is 0.627. The minimum atomic E-state index is -1.17. The molecule has 0 aliphatic rings. The molecule has 1 aromatic carbocycles. The molecule has 0 radical (unpaired) electrons. The Balaban J connectivity index is 2.52. The van der Waals surface area contributed by atoms with E-state index in [9.17, 15) is 14.7 Å². The Kier molecular flexibility index (Phi) is 6.52. The maximum Gasteiger partial charge on any atom is 0.323 e. The van der Waals surface area contributed by atoms with Gasteiger partial charge in [0.15, 0.2) is 0 Å². The van der Waals surface area contributed by atoms with Gasteiger partial charge in [-0.3, -0.25) is 14.9 Å². The predicted molar refractivity (Wildman–Crippen MR) is 81.2 cm³/mol. The van der Waals surface area contributed by atoms with Crippen LogP contribution in [-0.2, 0) is 20.9 Å². The van der Waals surface area contributed by atoms with Crippen LogP contribution >= 0.6 is 0 Å². The van der Waals surface area contributed by atoms with Crippen molar-refractivity contribution in [1.29, 1.82) is 0 Å². The number of aliphatic hydroxyl groups is 1. The van der Waals surface area contributed by atoms with Crippen LogP contribution in [0.5, 0.6) is 0 Å². The second-order valence-electron chi connectivity index (χ2n) is 5.91. The van der Waals surface area contributed by atoms with Crippen molar-refractivity contribution in [3.8, 4) is 0 Å². The van der Waals surface area contributed by atoms with E-state index in [0.29, 0.717) is 0 Å². The fourth-order valence-corrected chi connectivity index (χ4v) is 2.01. The van der Waals surface area contributed by atoms with Gasteiger partial charge in [-0.1, -0.05) is 30.3 Å². The molecule has 3 N–H and O–H groups in total. The third-order valence-electron chi connectivity index (χ3n) is 3.12. The molecule has 0 aromatic heterocycles. The fourth-order valence-electron chi connectivity index (χ4n) is 2.01. The lowest BCUT2D eigenvalue weighted by Gasteiger charge is -2.30. The van der Waals surface area contributed by atoms with Crippen LogP contribution in [-0.4, -0.2) is 39.8 Å². The molecule has 0 aliphatic heterocycles. The first kappa shape index (κ1) is 18.1. The lowest BCUT2D eigenvalue weighted by molar-refractivity contribution is -0.148. The fraction of sp³-hybridized carbons (Fsp3) is 0.500. The molecule has 0 aliphatic carbocycles. The molecule has 0 spiro atoms. The van der Waals surface area contributed by atoms with Crippen molar-refractivity contribution in [2.45, 2.75) is 51.5 Å². The lowest BCUT2D eigenvalue weighted by Crippen LogP contribution is -2.55. The minimum absolute atomic E-state index is 0.00364. The van der Waals surface area contributed by atoms with Crippen molar-refractivity contribution in [3.05, 3.63) is 35.9 Å². The molecule has 22 heavy (non-hydrogen) atoms. The van der Waals surface area contributed by atoms with E-state index < -0.39 is 29.6 Å². The van der Waals surface area contributed by atoms with Gasteiger partial charge in [0, 0.05) is 5.54 Å². The number of carbonyl (C=O) groups is 2. The number of carboxylic acids is 1. The number of hydrogen-bond donors (Lipinski definition) is 3. The number of carboxylic acid groups (broad SMARTS) is 1. The molecule has 0 amide bonds. The van der Waals surface area contributed by atoms with Crippen molar-refractivity contribution in [3.63, 3.8) is 0 Å². The van der Waals surface area contributed by atoms with Gasteiger partial charge in [0.05, 0.1) is 12.5 Å². The monoisotopic (exact) mass is 309 g/mol. The number of aliphatic carboxylic acids is 1. The zero-order valence-electron chi connectivity index (χ0n) is 13.1. The predicted octanol–water partition coefficient (Wildman–Crippen LogP) is 1.32. The summed E-state index contributed by atoms with van der Waals surface area (Å²) >= 11 is 0. The number of ether oxygens (including phenoxy) is 1. The van der Waals surface area contributed by atoms with Gasteiger partial charge in [-0.25, -0.2) is 0 Å². The highest BCUT2D eigenvalue weighted by Crippen LogP contribution is 2.13. The van der Waals surface area contributed by atoms with Gasteiger partial charge < -0.3 is 14.9 Å². The Morgan fingerprint density at radius 3 is 2.36 bits per heavy atom. The van der Waals surface area contributed by atoms with Crippen molar-refractivity contribution in [1.82, 2.24) is 5.32 Å². The molecular formula is C16H23NO5. The second-order valence-corrected chi connectivity index (χ2v) is 5.91. The minimum Gasteiger partial charge on any atom is -0.480 e. The van der Waals surface area contributed by atoms with E-state index in [1.165, 1.54) is 6.92 Å². The number of rotatable bonds is 8. The van der Waals surface area contributed by atoms with E-state index in [1.54, 1.807) is 13.8 Å². The van der Waals surface area contributed by atoms with Gasteiger partial charge in [-0.05, 0) is 26.3 Å². The van der Waals surface area contributed by atoms with Gasteiger partial charge >= 0.3 is 11.9 Å². The summed E-state index contributed by atoms with van der Waals surface area (Å²) in [7, 11) is 0. The molecule has 0 saturated heterocycles. The van der Waals surface area contributed by atoms with Crippen molar-refractivity contribution >= 4 is 11.9 Å². The summed E-state index contributed by atoms with van der Waals surface area (Å²) in [6.45, 7) is 4.94. The highest BCUT2D eigenvalue weighted by molar-refractivity contribution is 5.75. The van der Waals surface area contributed by atoms with Crippen LogP contribution in [0.15, 0.2) is 30.3 Å². The molecule has 0 saturated carbocycles.